The summed E-state index contributed by atoms with van der Waals surface area (Å²) in [5.41, 5.74) is 0.837. The van der Waals surface area contributed by atoms with Crippen molar-refractivity contribution in [2.24, 2.45) is 0 Å². The van der Waals surface area contributed by atoms with Gasteiger partial charge >= 0.3 is 0 Å². The Morgan fingerprint density at radius 2 is 2.00 bits per heavy atom. The van der Waals surface area contributed by atoms with Crippen molar-refractivity contribution in [2.45, 2.75) is 37.2 Å². The Kier molecular flexibility index (Phi) is 8.87. The van der Waals surface area contributed by atoms with Crippen LogP contribution in [0.4, 0.5) is 0 Å². The van der Waals surface area contributed by atoms with Gasteiger partial charge in [0.25, 0.3) is 0 Å². The summed E-state index contributed by atoms with van der Waals surface area (Å²) in [7, 11) is -4.01. The average molecular weight is 491 g/mol. The zero-order valence-electron chi connectivity index (χ0n) is 18.3. The molecular formula is C23H27ClN4O4S. The zero-order valence-corrected chi connectivity index (χ0v) is 19.8. The minimum atomic E-state index is -4.01. The molecule has 0 unspecified atom stereocenters. The van der Waals surface area contributed by atoms with Gasteiger partial charge in [-0.25, -0.2) is 13.4 Å². The fourth-order valence-corrected chi connectivity index (χ4v) is 4.75. The lowest BCUT2D eigenvalue weighted by Gasteiger charge is -2.19. The van der Waals surface area contributed by atoms with Crippen LogP contribution < -0.4 is 14.8 Å². The lowest BCUT2D eigenvalue weighted by Crippen LogP contribution is -2.48. The highest BCUT2D eigenvalue weighted by molar-refractivity contribution is 7.89. The van der Waals surface area contributed by atoms with Crippen molar-refractivity contribution in [1.82, 2.24) is 19.6 Å². The number of nitrogens with one attached hydrogen (secondary N) is 2. The third kappa shape index (κ3) is 7.31. The van der Waals surface area contributed by atoms with E-state index in [0.29, 0.717) is 31.9 Å². The molecular weight excluding hydrogens is 464 g/mol. The first-order valence-electron chi connectivity index (χ1n) is 10.6. The van der Waals surface area contributed by atoms with E-state index >= 15 is 0 Å². The van der Waals surface area contributed by atoms with Gasteiger partial charge in [-0.15, -0.1) is 0 Å². The molecule has 3 rings (SSSR count). The number of ether oxygens (including phenoxy) is 1. The maximum atomic E-state index is 13.0. The van der Waals surface area contributed by atoms with E-state index in [1.807, 2.05) is 48.0 Å². The van der Waals surface area contributed by atoms with E-state index < -0.39 is 22.0 Å². The molecule has 0 aliphatic heterocycles. The summed E-state index contributed by atoms with van der Waals surface area (Å²) in [6.45, 7) is 3.31. The number of benzene rings is 2. The maximum absolute atomic E-state index is 13.0. The molecule has 1 atom stereocenters. The summed E-state index contributed by atoms with van der Waals surface area (Å²) in [4.78, 5) is 16.9. The van der Waals surface area contributed by atoms with Gasteiger partial charge in [-0.05, 0) is 43.5 Å². The number of nitrogens with zero attached hydrogens (tertiary/aromatic N) is 2. The van der Waals surface area contributed by atoms with Crippen LogP contribution in [0.3, 0.4) is 0 Å². The Hall–Kier alpha value is -2.88. The average Bonchev–Trinajstić information content (AvgIpc) is 3.32. The van der Waals surface area contributed by atoms with Gasteiger partial charge in [0.15, 0.2) is 0 Å². The van der Waals surface area contributed by atoms with Crippen molar-refractivity contribution in [3.8, 4) is 5.75 Å². The predicted octanol–water partition coefficient (Wildman–Crippen LogP) is 3.03. The maximum Gasteiger partial charge on any atom is 0.241 e. The monoisotopic (exact) mass is 490 g/mol. The first-order valence-corrected chi connectivity index (χ1v) is 12.5. The molecule has 0 fully saturated rings. The molecule has 33 heavy (non-hydrogen) atoms. The minimum Gasteiger partial charge on any atom is -0.492 e. The minimum absolute atomic E-state index is 0.0399. The number of halogens is 1. The van der Waals surface area contributed by atoms with Gasteiger partial charge in [-0.2, -0.15) is 4.72 Å². The second-order valence-electron chi connectivity index (χ2n) is 7.33. The normalized spacial score (nSPS) is 12.3. The molecule has 8 nitrogen and oxygen atoms in total. The molecule has 1 heterocycles. The second-order valence-corrected chi connectivity index (χ2v) is 9.46. The van der Waals surface area contributed by atoms with Gasteiger partial charge in [0.2, 0.25) is 15.9 Å². The number of amides is 1. The van der Waals surface area contributed by atoms with Crippen molar-refractivity contribution in [3.05, 3.63) is 77.8 Å². The van der Waals surface area contributed by atoms with E-state index in [-0.39, 0.29) is 16.3 Å². The van der Waals surface area contributed by atoms with Crippen LogP contribution in [0.1, 0.15) is 18.9 Å². The Bertz CT molecular complexity index is 1140. The van der Waals surface area contributed by atoms with E-state index in [0.717, 1.165) is 5.56 Å². The zero-order chi connectivity index (χ0) is 23.7. The lowest BCUT2D eigenvalue weighted by molar-refractivity contribution is -0.122. The third-order valence-corrected chi connectivity index (χ3v) is 6.63. The largest absolute Gasteiger partial charge is 0.492 e. The molecule has 0 aliphatic carbocycles. The van der Waals surface area contributed by atoms with Gasteiger partial charge in [0.1, 0.15) is 11.8 Å². The van der Waals surface area contributed by atoms with Crippen LogP contribution >= 0.6 is 11.6 Å². The van der Waals surface area contributed by atoms with Crippen molar-refractivity contribution in [2.75, 3.05) is 13.2 Å². The molecule has 2 aromatic carbocycles. The van der Waals surface area contributed by atoms with Gasteiger partial charge < -0.3 is 14.6 Å². The van der Waals surface area contributed by atoms with Crippen LogP contribution in [0.15, 0.2) is 72.1 Å². The molecule has 0 spiro atoms. The van der Waals surface area contributed by atoms with Gasteiger partial charge in [0, 0.05) is 25.5 Å². The fourth-order valence-electron chi connectivity index (χ4n) is 3.23. The molecule has 0 radical (unpaired) electrons. The Morgan fingerprint density at radius 3 is 2.67 bits per heavy atom. The smallest absolute Gasteiger partial charge is 0.241 e. The summed E-state index contributed by atoms with van der Waals surface area (Å²) < 4.78 is 35.9. The number of carbonyl (C=O) groups is 1. The first-order chi connectivity index (χ1) is 15.9. The Labute approximate surface area is 199 Å². The van der Waals surface area contributed by atoms with Gasteiger partial charge in [-0.3, -0.25) is 4.79 Å². The number of aryl methyl sites for hydroxylation is 1. The highest BCUT2D eigenvalue weighted by atomic mass is 35.5. The Balaban J connectivity index is 1.71. The molecule has 2 N–H and O–H groups in total. The molecule has 3 aromatic rings. The standard InChI is InChI=1S/C23H27ClN4O4S/c1-2-32-22-10-9-19(16-20(22)24)33(30,31)27-21(15-18-7-4-3-5-8-18)23(29)26-11-6-13-28-14-12-25-17-28/h3-5,7-10,12,14,16-17,21,27H,2,6,11,13,15H2,1H3,(H,26,29)/t21-/m1/s1. The number of hydrogen-bond acceptors (Lipinski definition) is 5. The van der Waals surface area contributed by atoms with Crippen LogP contribution in [-0.4, -0.2) is 43.1 Å². The highest BCUT2D eigenvalue weighted by Crippen LogP contribution is 2.27. The van der Waals surface area contributed by atoms with Crippen molar-refractivity contribution in [1.29, 1.82) is 0 Å². The quantitative estimate of drug-likeness (QED) is 0.380. The van der Waals surface area contributed by atoms with Crippen molar-refractivity contribution >= 4 is 27.5 Å². The number of aromatic nitrogens is 2. The Morgan fingerprint density at radius 1 is 1.21 bits per heavy atom. The number of rotatable bonds is 12. The predicted molar refractivity (Wildman–Crippen MR) is 127 cm³/mol. The van der Waals surface area contributed by atoms with E-state index in [1.54, 1.807) is 12.5 Å². The van der Waals surface area contributed by atoms with Crippen molar-refractivity contribution in [3.63, 3.8) is 0 Å². The van der Waals surface area contributed by atoms with E-state index in [1.165, 1.54) is 18.2 Å². The molecule has 0 saturated heterocycles. The fraction of sp³-hybridized carbons (Fsp3) is 0.304. The highest BCUT2D eigenvalue weighted by Gasteiger charge is 2.26. The van der Waals surface area contributed by atoms with Crippen LogP contribution in [0.25, 0.3) is 0 Å². The SMILES string of the molecule is CCOc1ccc(S(=O)(=O)N[C@H](Cc2ccccc2)C(=O)NCCCn2ccnc2)cc1Cl. The van der Waals surface area contributed by atoms with Crippen LogP contribution in [0, 0.1) is 0 Å². The molecule has 1 aromatic heterocycles. The number of carbonyl (C=O) groups excluding carboxylic acids is 1. The summed E-state index contributed by atoms with van der Waals surface area (Å²) in [5.74, 6) is -0.000296. The first kappa shape index (κ1) is 24.8. The summed E-state index contributed by atoms with van der Waals surface area (Å²) in [6, 6.07) is 12.5. The van der Waals surface area contributed by atoms with E-state index in [9.17, 15) is 13.2 Å². The molecule has 176 valence electrons. The summed E-state index contributed by atoms with van der Waals surface area (Å²) in [5, 5.41) is 3.01. The molecule has 0 aliphatic rings. The topological polar surface area (TPSA) is 102 Å². The lowest BCUT2D eigenvalue weighted by atomic mass is 10.1. The number of imidazole rings is 1. The molecule has 1 amide bonds. The van der Waals surface area contributed by atoms with Crippen LogP contribution in [-0.2, 0) is 27.8 Å². The van der Waals surface area contributed by atoms with Crippen LogP contribution in [0.5, 0.6) is 5.75 Å². The van der Waals surface area contributed by atoms with E-state index in [2.05, 4.69) is 15.0 Å². The van der Waals surface area contributed by atoms with Crippen molar-refractivity contribution < 1.29 is 17.9 Å². The molecule has 0 saturated carbocycles. The van der Waals surface area contributed by atoms with E-state index in [4.69, 9.17) is 16.3 Å². The second kappa shape index (κ2) is 11.8. The number of sulfonamides is 1. The molecule has 0 bridgehead atoms. The van der Waals surface area contributed by atoms with Gasteiger partial charge in [0.05, 0.1) is 22.9 Å². The third-order valence-electron chi connectivity index (χ3n) is 4.86. The van der Waals surface area contributed by atoms with Gasteiger partial charge in [-0.1, -0.05) is 41.9 Å². The summed E-state index contributed by atoms with van der Waals surface area (Å²) in [6.07, 6.45) is 6.13. The number of hydrogen-bond donors (Lipinski definition) is 2. The van der Waals surface area contributed by atoms with Crippen LogP contribution in [0.2, 0.25) is 5.02 Å². The molecule has 10 heteroatoms. The summed E-state index contributed by atoms with van der Waals surface area (Å²) >= 11 is 6.17.